The number of fused-ring (bicyclic) bond motifs is 1. The zero-order chi connectivity index (χ0) is 24.4. The summed E-state index contributed by atoms with van der Waals surface area (Å²) in [4.78, 5) is 26.1. The van der Waals surface area contributed by atoms with E-state index in [-0.39, 0.29) is 35.2 Å². The van der Waals surface area contributed by atoms with Gasteiger partial charge in [0.15, 0.2) is 5.78 Å². The summed E-state index contributed by atoms with van der Waals surface area (Å²) in [6, 6.07) is 21.0. The molecule has 0 fully saturated rings. The minimum absolute atomic E-state index is 0.00767. The van der Waals surface area contributed by atoms with Crippen molar-refractivity contribution in [3.05, 3.63) is 99.0 Å². The quantitative estimate of drug-likeness (QED) is 0.314. The second kappa shape index (κ2) is 10.3. The average molecular weight is 495 g/mol. The first kappa shape index (κ1) is 24.5. The van der Waals surface area contributed by atoms with Crippen LogP contribution in [-0.4, -0.2) is 18.7 Å². The molecule has 1 aliphatic carbocycles. The Hall–Kier alpha value is -2.62. The minimum atomic E-state index is -0.323. The maximum atomic E-state index is 13.2. The van der Waals surface area contributed by atoms with Gasteiger partial charge in [0.1, 0.15) is 11.5 Å². The summed E-state index contributed by atoms with van der Waals surface area (Å²) < 4.78 is 5.21. The number of halogens is 2. The predicted octanol–water partition coefficient (Wildman–Crippen LogP) is 7.85. The van der Waals surface area contributed by atoms with Crippen molar-refractivity contribution in [3.8, 4) is 5.75 Å². The molecule has 0 bridgehead atoms. The van der Waals surface area contributed by atoms with Crippen LogP contribution in [0.5, 0.6) is 5.75 Å². The Kier molecular flexibility index (Phi) is 7.45. The highest BCUT2D eigenvalue weighted by Gasteiger charge is 2.39. The van der Waals surface area contributed by atoms with Crippen LogP contribution in [0.4, 0.5) is 0 Å². The largest absolute Gasteiger partial charge is 0.497 e. The van der Waals surface area contributed by atoms with E-state index in [1.807, 2.05) is 48.5 Å². The SMILES string of the molecule is COc1ccc(C(=O)CC2c3ccccc3[C@H](C(C(C)=O)c3ccc(Cl)c(Cl)c3)C[C@@H]2C)cc1. The first-order chi connectivity index (χ1) is 16.3. The van der Waals surface area contributed by atoms with Crippen molar-refractivity contribution in [2.45, 2.75) is 44.4 Å². The number of methoxy groups -OCH3 is 1. The van der Waals surface area contributed by atoms with Crippen LogP contribution in [0.1, 0.15) is 71.5 Å². The van der Waals surface area contributed by atoms with E-state index in [2.05, 4.69) is 19.1 Å². The van der Waals surface area contributed by atoms with Crippen molar-refractivity contribution < 1.29 is 14.3 Å². The molecule has 4 rings (SSSR count). The number of rotatable bonds is 7. The molecule has 0 amide bonds. The molecule has 0 saturated carbocycles. The Morgan fingerprint density at radius 2 is 1.65 bits per heavy atom. The molecule has 176 valence electrons. The van der Waals surface area contributed by atoms with Crippen molar-refractivity contribution in [3.63, 3.8) is 0 Å². The highest BCUT2D eigenvalue weighted by atomic mass is 35.5. The van der Waals surface area contributed by atoms with E-state index < -0.39 is 0 Å². The molecular weight excluding hydrogens is 467 g/mol. The first-order valence-electron chi connectivity index (χ1n) is 11.5. The third-order valence-electron chi connectivity index (χ3n) is 7.07. The van der Waals surface area contributed by atoms with Gasteiger partial charge >= 0.3 is 0 Å². The summed E-state index contributed by atoms with van der Waals surface area (Å²) in [7, 11) is 1.61. The molecule has 0 aromatic heterocycles. The number of carbonyl (C=O) groups excluding carboxylic acids is 2. The molecule has 0 aliphatic heterocycles. The number of Topliss-reactive ketones (excluding diaryl/α,β-unsaturated/α-hetero) is 2. The molecule has 0 heterocycles. The Balaban J connectivity index is 1.67. The Labute approximate surface area is 211 Å². The van der Waals surface area contributed by atoms with Gasteiger partial charge < -0.3 is 4.74 Å². The average Bonchev–Trinajstić information content (AvgIpc) is 2.83. The Morgan fingerprint density at radius 3 is 2.26 bits per heavy atom. The highest BCUT2D eigenvalue weighted by molar-refractivity contribution is 6.42. The Morgan fingerprint density at radius 1 is 0.971 bits per heavy atom. The smallest absolute Gasteiger partial charge is 0.163 e. The Bertz CT molecular complexity index is 1200. The van der Waals surface area contributed by atoms with Gasteiger partial charge in [-0.3, -0.25) is 9.59 Å². The van der Waals surface area contributed by atoms with Crippen LogP contribution in [-0.2, 0) is 4.79 Å². The fourth-order valence-electron chi connectivity index (χ4n) is 5.36. The molecule has 3 aromatic carbocycles. The summed E-state index contributed by atoms with van der Waals surface area (Å²) in [6.45, 7) is 3.82. The van der Waals surface area contributed by atoms with E-state index in [9.17, 15) is 9.59 Å². The van der Waals surface area contributed by atoms with Gasteiger partial charge in [-0.1, -0.05) is 60.5 Å². The first-order valence-corrected chi connectivity index (χ1v) is 12.3. The number of ether oxygens (including phenoxy) is 1. The fourth-order valence-corrected chi connectivity index (χ4v) is 5.67. The zero-order valence-electron chi connectivity index (χ0n) is 19.6. The third-order valence-corrected chi connectivity index (χ3v) is 7.81. The molecule has 0 spiro atoms. The van der Waals surface area contributed by atoms with Crippen molar-refractivity contribution in [1.82, 2.24) is 0 Å². The lowest BCUT2D eigenvalue weighted by atomic mass is 9.64. The summed E-state index contributed by atoms with van der Waals surface area (Å²) in [5, 5.41) is 0.924. The van der Waals surface area contributed by atoms with Crippen molar-refractivity contribution in [2.75, 3.05) is 7.11 Å². The number of carbonyl (C=O) groups is 2. The van der Waals surface area contributed by atoms with Crippen LogP contribution in [0, 0.1) is 5.92 Å². The zero-order valence-corrected chi connectivity index (χ0v) is 21.1. The van der Waals surface area contributed by atoms with Gasteiger partial charge in [0.2, 0.25) is 0 Å². The van der Waals surface area contributed by atoms with Crippen LogP contribution in [0.3, 0.4) is 0 Å². The molecule has 5 heteroatoms. The van der Waals surface area contributed by atoms with Gasteiger partial charge in [-0.25, -0.2) is 0 Å². The van der Waals surface area contributed by atoms with E-state index in [0.29, 0.717) is 22.0 Å². The van der Waals surface area contributed by atoms with E-state index in [4.69, 9.17) is 27.9 Å². The van der Waals surface area contributed by atoms with Gasteiger partial charge in [-0.15, -0.1) is 0 Å². The molecule has 1 aliphatic rings. The summed E-state index contributed by atoms with van der Waals surface area (Å²) in [5.74, 6) is 0.937. The minimum Gasteiger partial charge on any atom is -0.497 e. The van der Waals surface area contributed by atoms with Crippen LogP contribution in [0.2, 0.25) is 10.0 Å². The number of hydrogen-bond acceptors (Lipinski definition) is 3. The van der Waals surface area contributed by atoms with Gasteiger partial charge in [0.25, 0.3) is 0 Å². The van der Waals surface area contributed by atoms with Crippen LogP contribution in [0.25, 0.3) is 0 Å². The van der Waals surface area contributed by atoms with E-state index in [0.717, 1.165) is 28.9 Å². The fraction of sp³-hybridized carbons (Fsp3) is 0.310. The topological polar surface area (TPSA) is 43.4 Å². The van der Waals surface area contributed by atoms with Crippen LogP contribution >= 0.6 is 23.2 Å². The summed E-state index contributed by atoms with van der Waals surface area (Å²) in [6.07, 6.45) is 1.23. The molecule has 4 atom stereocenters. The predicted molar refractivity (Wildman–Crippen MR) is 138 cm³/mol. The van der Waals surface area contributed by atoms with Gasteiger partial charge in [0, 0.05) is 17.9 Å². The summed E-state index contributed by atoms with van der Waals surface area (Å²) in [5.41, 5.74) is 3.85. The second-order valence-corrected chi connectivity index (χ2v) is 9.99. The van der Waals surface area contributed by atoms with E-state index in [1.165, 1.54) is 0 Å². The molecule has 34 heavy (non-hydrogen) atoms. The van der Waals surface area contributed by atoms with Crippen molar-refractivity contribution in [1.29, 1.82) is 0 Å². The van der Waals surface area contributed by atoms with Gasteiger partial charge in [-0.05, 0) is 84.2 Å². The van der Waals surface area contributed by atoms with Gasteiger partial charge in [0.05, 0.1) is 17.2 Å². The molecule has 0 saturated heterocycles. The van der Waals surface area contributed by atoms with Crippen LogP contribution < -0.4 is 4.74 Å². The van der Waals surface area contributed by atoms with Gasteiger partial charge in [-0.2, -0.15) is 0 Å². The highest BCUT2D eigenvalue weighted by Crippen LogP contribution is 2.50. The normalized spacial score (nSPS) is 20.3. The summed E-state index contributed by atoms with van der Waals surface area (Å²) >= 11 is 12.4. The standard InChI is InChI=1S/C29H28Cl2O3/c1-17-14-25(29(18(2)32)20-10-13-26(30)27(31)15-20)23-7-5-4-6-22(23)24(17)16-28(33)19-8-11-21(34-3)12-9-19/h4-13,15,17,24-25,29H,14,16H2,1-3H3/t17-,24?,25+,29?/m0/s1. The maximum Gasteiger partial charge on any atom is 0.163 e. The van der Waals surface area contributed by atoms with Crippen molar-refractivity contribution >= 4 is 34.8 Å². The lowest BCUT2D eigenvalue weighted by Crippen LogP contribution is -2.29. The second-order valence-electron chi connectivity index (χ2n) is 9.17. The maximum absolute atomic E-state index is 13.2. The number of hydrogen-bond donors (Lipinski definition) is 0. The van der Waals surface area contributed by atoms with Crippen LogP contribution in [0.15, 0.2) is 66.7 Å². The van der Waals surface area contributed by atoms with E-state index >= 15 is 0 Å². The molecule has 0 radical (unpaired) electrons. The monoisotopic (exact) mass is 494 g/mol. The number of ketones is 2. The van der Waals surface area contributed by atoms with E-state index in [1.54, 1.807) is 20.1 Å². The molecule has 3 aromatic rings. The number of benzene rings is 3. The molecular formula is C29H28Cl2O3. The molecule has 3 nitrogen and oxygen atoms in total. The lowest BCUT2D eigenvalue weighted by Gasteiger charge is -2.39. The lowest BCUT2D eigenvalue weighted by molar-refractivity contribution is -0.119. The van der Waals surface area contributed by atoms with Crippen molar-refractivity contribution in [2.24, 2.45) is 5.92 Å². The molecule has 0 N–H and O–H groups in total. The molecule has 2 unspecified atom stereocenters. The third kappa shape index (κ3) is 4.92.